The molecule has 0 aromatic heterocycles. The van der Waals surface area contributed by atoms with Crippen LogP contribution in [-0.2, 0) is 0 Å². The van der Waals surface area contributed by atoms with E-state index in [1.165, 1.54) is 12.1 Å². The number of esters is 1. The first kappa shape index (κ1) is 22.0. The van der Waals surface area contributed by atoms with Gasteiger partial charge in [0.15, 0.2) is 0 Å². The molecule has 6 heteroatoms. The maximum Gasteiger partial charge on any atom is 0.343 e. The number of para-hydroxylation sites is 1. The molecule has 0 spiro atoms. The number of halogens is 1. The first-order valence-corrected chi connectivity index (χ1v) is 11.8. The van der Waals surface area contributed by atoms with E-state index >= 15 is 0 Å². The Hall–Kier alpha value is -4.45. The number of hydrogen-bond donors (Lipinski definition) is 0. The standard InChI is InChI=1S/C30H23FN2O3/c1-19-6-16-24(17-7-19)35-30(34)22-10-8-21(9-11-22)29-33-27(25-4-2-3-5-28(25)36-29)18-26(32-33)20-12-14-23(31)15-13-20/h2-17,27,29H,18H2,1H3/t27-,29-/m0/s1. The lowest BCUT2D eigenvalue weighted by Crippen LogP contribution is -2.33. The van der Waals surface area contributed by atoms with Gasteiger partial charge in [0.25, 0.3) is 0 Å². The maximum absolute atomic E-state index is 13.5. The monoisotopic (exact) mass is 478 g/mol. The zero-order chi connectivity index (χ0) is 24.6. The van der Waals surface area contributed by atoms with Crippen LogP contribution in [-0.4, -0.2) is 16.7 Å². The lowest BCUT2D eigenvalue weighted by molar-refractivity contribution is -0.0190. The molecule has 0 saturated carbocycles. The quantitative estimate of drug-likeness (QED) is 0.245. The Morgan fingerprint density at radius 3 is 2.42 bits per heavy atom. The van der Waals surface area contributed by atoms with Crippen molar-refractivity contribution in [2.24, 2.45) is 5.10 Å². The average molecular weight is 479 g/mol. The SMILES string of the molecule is Cc1ccc(OC(=O)c2ccc([C@@H]3Oc4ccccc4[C@@H]4CC(c5ccc(F)cc5)=NN43)cc2)cc1. The summed E-state index contributed by atoms with van der Waals surface area (Å²) in [4.78, 5) is 12.6. The molecular formula is C30H23FN2O3. The van der Waals surface area contributed by atoms with Crippen LogP contribution < -0.4 is 9.47 Å². The molecule has 0 saturated heterocycles. The lowest BCUT2D eigenvalue weighted by atomic mass is 9.96. The zero-order valence-corrected chi connectivity index (χ0v) is 19.6. The summed E-state index contributed by atoms with van der Waals surface area (Å²) in [6.45, 7) is 1.98. The molecule has 0 N–H and O–H groups in total. The summed E-state index contributed by atoms with van der Waals surface area (Å²) in [5, 5.41) is 6.86. The second-order valence-corrected chi connectivity index (χ2v) is 8.99. The third-order valence-corrected chi connectivity index (χ3v) is 6.54. The molecule has 36 heavy (non-hydrogen) atoms. The first-order chi connectivity index (χ1) is 17.5. The van der Waals surface area contributed by atoms with Crippen molar-refractivity contribution in [1.82, 2.24) is 5.01 Å². The number of fused-ring (bicyclic) bond motifs is 3. The van der Waals surface area contributed by atoms with E-state index < -0.39 is 12.2 Å². The van der Waals surface area contributed by atoms with E-state index in [2.05, 4.69) is 6.07 Å². The Labute approximate surface area is 208 Å². The highest BCUT2D eigenvalue weighted by Gasteiger charge is 2.40. The van der Waals surface area contributed by atoms with E-state index in [0.717, 1.165) is 33.7 Å². The van der Waals surface area contributed by atoms with Gasteiger partial charge in [0.2, 0.25) is 6.23 Å². The number of hydrazone groups is 1. The number of ether oxygens (including phenoxy) is 2. The van der Waals surface area contributed by atoms with Crippen LogP contribution in [0.4, 0.5) is 4.39 Å². The van der Waals surface area contributed by atoms with E-state index in [1.807, 2.05) is 54.4 Å². The molecule has 0 amide bonds. The average Bonchev–Trinajstić information content (AvgIpc) is 3.36. The molecule has 0 bridgehead atoms. The van der Waals surface area contributed by atoms with Gasteiger partial charge >= 0.3 is 5.97 Å². The summed E-state index contributed by atoms with van der Waals surface area (Å²) in [6.07, 6.45) is 0.216. The number of carbonyl (C=O) groups is 1. The molecule has 4 aromatic carbocycles. The van der Waals surface area contributed by atoms with Crippen LogP contribution in [0.15, 0.2) is 102 Å². The summed E-state index contributed by atoms with van der Waals surface area (Å²) in [5.74, 6) is 0.616. The van der Waals surface area contributed by atoms with Crippen molar-refractivity contribution in [3.8, 4) is 11.5 Å². The maximum atomic E-state index is 13.5. The highest BCUT2D eigenvalue weighted by molar-refractivity contribution is 6.02. The van der Waals surface area contributed by atoms with Gasteiger partial charge in [0, 0.05) is 17.5 Å². The van der Waals surface area contributed by atoms with Crippen LogP contribution in [0.3, 0.4) is 0 Å². The molecule has 4 aromatic rings. The van der Waals surface area contributed by atoms with E-state index in [0.29, 0.717) is 17.7 Å². The number of hydrogen-bond acceptors (Lipinski definition) is 5. The number of benzene rings is 4. The van der Waals surface area contributed by atoms with Gasteiger partial charge in [-0.05, 0) is 55.0 Å². The fourth-order valence-corrected chi connectivity index (χ4v) is 4.63. The summed E-state index contributed by atoms with van der Waals surface area (Å²) in [5.41, 5.74) is 5.24. The van der Waals surface area contributed by atoms with Crippen LogP contribution in [0.1, 0.15) is 51.3 Å². The van der Waals surface area contributed by atoms with Crippen LogP contribution in [0.25, 0.3) is 0 Å². The van der Waals surface area contributed by atoms with Crippen molar-refractivity contribution in [3.63, 3.8) is 0 Å². The molecule has 5 nitrogen and oxygen atoms in total. The van der Waals surface area contributed by atoms with Gasteiger partial charge in [-0.3, -0.25) is 0 Å². The van der Waals surface area contributed by atoms with Crippen molar-refractivity contribution in [2.45, 2.75) is 25.6 Å². The Bertz CT molecular complexity index is 1450. The fraction of sp³-hybridized carbons (Fsp3) is 0.133. The summed E-state index contributed by atoms with van der Waals surface area (Å²) in [7, 11) is 0. The minimum atomic E-state index is -0.468. The second-order valence-electron chi connectivity index (χ2n) is 8.99. The molecule has 0 radical (unpaired) electrons. The Kier molecular flexibility index (Phi) is 5.49. The molecular weight excluding hydrogens is 455 g/mol. The van der Waals surface area contributed by atoms with Crippen LogP contribution in [0.5, 0.6) is 11.5 Å². The predicted octanol–water partition coefficient (Wildman–Crippen LogP) is 6.60. The summed E-state index contributed by atoms with van der Waals surface area (Å²) >= 11 is 0. The van der Waals surface area contributed by atoms with Gasteiger partial charge in [0.05, 0.1) is 17.3 Å². The highest BCUT2D eigenvalue weighted by Crippen LogP contribution is 2.47. The van der Waals surface area contributed by atoms with E-state index in [-0.39, 0.29) is 11.9 Å². The molecule has 6 rings (SSSR count). The largest absolute Gasteiger partial charge is 0.464 e. The third kappa shape index (κ3) is 4.11. The topological polar surface area (TPSA) is 51.1 Å². The van der Waals surface area contributed by atoms with Crippen molar-refractivity contribution < 1.29 is 18.7 Å². The molecule has 2 atom stereocenters. The van der Waals surface area contributed by atoms with Crippen LogP contribution >= 0.6 is 0 Å². The fourth-order valence-electron chi connectivity index (χ4n) is 4.63. The second kappa shape index (κ2) is 8.96. The molecule has 0 aliphatic carbocycles. The van der Waals surface area contributed by atoms with E-state index in [9.17, 15) is 9.18 Å². The Morgan fingerprint density at radius 2 is 1.67 bits per heavy atom. The Balaban J connectivity index is 1.29. The number of nitrogens with zero attached hydrogens (tertiary/aromatic N) is 2. The van der Waals surface area contributed by atoms with Crippen molar-refractivity contribution in [1.29, 1.82) is 0 Å². The highest BCUT2D eigenvalue weighted by atomic mass is 19.1. The number of aryl methyl sites for hydroxylation is 1. The van der Waals surface area contributed by atoms with Gasteiger partial charge in [-0.1, -0.05) is 60.2 Å². The predicted molar refractivity (Wildman–Crippen MR) is 135 cm³/mol. The van der Waals surface area contributed by atoms with Gasteiger partial charge in [-0.15, -0.1) is 0 Å². The van der Waals surface area contributed by atoms with Crippen LogP contribution in [0, 0.1) is 12.7 Å². The third-order valence-electron chi connectivity index (χ3n) is 6.54. The van der Waals surface area contributed by atoms with Crippen LogP contribution in [0.2, 0.25) is 0 Å². The van der Waals surface area contributed by atoms with Crippen molar-refractivity contribution in [2.75, 3.05) is 0 Å². The minimum absolute atomic E-state index is 0.00816. The van der Waals surface area contributed by atoms with Crippen molar-refractivity contribution in [3.05, 3.63) is 131 Å². The van der Waals surface area contributed by atoms with Crippen molar-refractivity contribution >= 4 is 11.7 Å². The van der Waals surface area contributed by atoms with Gasteiger partial charge in [-0.25, -0.2) is 14.2 Å². The first-order valence-electron chi connectivity index (χ1n) is 11.8. The summed E-state index contributed by atoms with van der Waals surface area (Å²) < 4.78 is 25.4. The van der Waals surface area contributed by atoms with E-state index in [4.69, 9.17) is 14.6 Å². The van der Waals surface area contributed by atoms with Gasteiger partial charge < -0.3 is 9.47 Å². The molecule has 2 heterocycles. The molecule has 0 unspecified atom stereocenters. The zero-order valence-electron chi connectivity index (χ0n) is 19.6. The Morgan fingerprint density at radius 1 is 0.944 bits per heavy atom. The molecule has 0 fully saturated rings. The minimum Gasteiger partial charge on any atom is -0.464 e. The summed E-state index contributed by atoms with van der Waals surface area (Å²) in [6, 6.07) is 28.9. The van der Waals surface area contributed by atoms with Gasteiger partial charge in [0.1, 0.15) is 17.3 Å². The molecule has 178 valence electrons. The molecule has 2 aliphatic heterocycles. The smallest absolute Gasteiger partial charge is 0.343 e. The number of carbonyl (C=O) groups excluding carboxylic acids is 1. The normalized spacial score (nSPS) is 18.1. The van der Waals surface area contributed by atoms with E-state index in [1.54, 1.807) is 36.4 Å². The molecule has 2 aliphatic rings. The van der Waals surface area contributed by atoms with Gasteiger partial charge in [-0.2, -0.15) is 5.10 Å². The lowest BCUT2D eigenvalue weighted by Gasteiger charge is -2.38. The number of rotatable bonds is 4.